The molecule has 0 aliphatic carbocycles. The summed E-state index contributed by atoms with van der Waals surface area (Å²) < 4.78 is 0. The van der Waals surface area contributed by atoms with Crippen molar-refractivity contribution in [3.05, 3.63) is 40.4 Å². The predicted molar refractivity (Wildman–Crippen MR) is 77.5 cm³/mol. The average Bonchev–Trinajstić information content (AvgIpc) is 2.95. The number of hydrogen-bond donors (Lipinski definition) is 2. The molecule has 2 aromatic rings. The molecule has 2 heterocycles. The quantitative estimate of drug-likeness (QED) is 0.884. The molecule has 3 rings (SSSR count). The summed E-state index contributed by atoms with van der Waals surface area (Å²) in [7, 11) is 0. The van der Waals surface area contributed by atoms with Gasteiger partial charge in [0.1, 0.15) is 5.82 Å². The van der Waals surface area contributed by atoms with Crippen LogP contribution in [0.25, 0.3) is 10.9 Å². The molecule has 0 saturated carbocycles. The first-order valence-corrected chi connectivity index (χ1v) is 7.03. The molecule has 1 aliphatic rings. The fraction of sp³-hybridized carbons (Fsp3) is 0.467. The number of para-hydroxylation sites is 1. The molecule has 2 unspecified atom stereocenters. The zero-order valence-corrected chi connectivity index (χ0v) is 11.5. The number of fused-ring (bicyclic) bond motifs is 1. The second kappa shape index (κ2) is 5.34. The summed E-state index contributed by atoms with van der Waals surface area (Å²) >= 11 is 0. The molecule has 1 aromatic heterocycles. The van der Waals surface area contributed by atoms with E-state index in [-0.39, 0.29) is 18.2 Å². The lowest BCUT2D eigenvalue weighted by Gasteiger charge is -2.23. The average molecular weight is 273 g/mol. The number of aromatic nitrogens is 2. The molecule has 2 atom stereocenters. The lowest BCUT2D eigenvalue weighted by atomic mass is 10.1. The maximum absolute atomic E-state index is 12.1. The zero-order chi connectivity index (χ0) is 14.1. The van der Waals surface area contributed by atoms with Gasteiger partial charge in [0.15, 0.2) is 0 Å². The summed E-state index contributed by atoms with van der Waals surface area (Å²) in [6, 6.07) is 7.44. The van der Waals surface area contributed by atoms with Crippen LogP contribution in [-0.4, -0.2) is 39.7 Å². The highest BCUT2D eigenvalue weighted by atomic mass is 16.3. The second-order valence-corrected chi connectivity index (χ2v) is 5.48. The van der Waals surface area contributed by atoms with E-state index in [1.165, 1.54) is 0 Å². The van der Waals surface area contributed by atoms with Gasteiger partial charge in [-0.3, -0.25) is 9.69 Å². The SMILES string of the molecule is CC(c1nc2ccccc2c(=O)[nH]1)N1CCC(CO)C1. The number of rotatable bonds is 3. The van der Waals surface area contributed by atoms with Crippen LogP contribution in [0.4, 0.5) is 0 Å². The Morgan fingerprint density at radius 1 is 1.50 bits per heavy atom. The highest BCUT2D eigenvalue weighted by molar-refractivity contribution is 5.77. The monoisotopic (exact) mass is 273 g/mol. The van der Waals surface area contributed by atoms with Gasteiger partial charge in [-0.25, -0.2) is 4.98 Å². The number of nitrogens with zero attached hydrogens (tertiary/aromatic N) is 2. The molecule has 106 valence electrons. The van der Waals surface area contributed by atoms with Gasteiger partial charge in [0.05, 0.1) is 16.9 Å². The van der Waals surface area contributed by atoms with Crippen molar-refractivity contribution in [2.24, 2.45) is 5.92 Å². The molecule has 5 nitrogen and oxygen atoms in total. The molecule has 0 bridgehead atoms. The van der Waals surface area contributed by atoms with Crippen LogP contribution >= 0.6 is 0 Å². The van der Waals surface area contributed by atoms with E-state index in [0.29, 0.717) is 17.1 Å². The Bertz CT molecular complexity index is 667. The third kappa shape index (κ3) is 2.34. The molecule has 0 spiro atoms. The molecular formula is C15H19N3O2. The van der Waals surface area contributed by atoms with Crippen LogP contribution < -0.4 is 5.56 Å². The van der Waals surface area contributed by atoms with E-state index >= 15 is 0 Å². The Morgan fingerprint density at radius 3 is 3.05 bits per heavy atom. The van der Waals surface area contributed by atoms with Gasteiger partial charge in [-0.2, -0.15) is 0 Å². The molecule has 1 fully saturated rings. The second-order valence-electron chi connectivity index (χ2n) is 5.48. The van der Waals surface area contributed by atoms with Gasteiger partial charge in [0, 0.05) is 13.2 Å². The number of benzene rings is 1. The number of nitrogens with one attached hydrogen (secondary N) is 1. The van der Waals surface area contributed by atoms with E-state index in [2.05, 4.69) is 14.9 Å². The van der Waals surface area contributed by atoms with E-state index < -0.39 is 0 Å². The Labute approximate surface area is 117 Å². The smallest absolute Gasteiger partial charge is 0.258 e. The fourth-order valence-corrected chi connectivity index (χ4v) is 2.84. The molecule has 0 amide bonds. The van der Waals surface area contributed by atoms with Crippen molar-refractivity contribution >= 4 is 10.9 Å². The summed E-state index contributed by atoms with van der Waals surface area (Å²) in [5.74, 6) is 1.04. The Morgan fingerprint density at radius 2 is 2.30 bits per heavy atom. The summed E-state index contributed by atoms with van der Waals surface area (Å²) in [5.41, 5.74) is 0.645. The zero-order valence-electron chi connectivity index (χ0n) is 11.5. The minimum absolute atomic E-state index is 0.0591. The number of aliphatic hydroxyl groups is 1. The van der Waals surface area contributed by atoms with Crippen molar-refractivity contribution in [1.82, 2.24) is 14.9 Å². The van der Waals surface area contributed by atoms with E-state index in [1.807, 2.05) is 25.1 Å². The summed E-state index contributed by atoms with van der Waals surface area (Å²) in [6.45, 7) is 4.06. The van der Waals surface area contributed by atoms with Gasteiger partial charge in [-0.05, 0) is 37.9 Å². The number of hydrogen-bond acceptors (Lipinski definition) is 4. The molecule has 5 heteroatoms. The van der Waals surface area contributed by atoms with E-state index in [0.717, 1.165) is 25.0 Å². The highest BCUT2D eigenvalue weighted by Gasteiger charge is 2.27. The van der Waals surface area contributed by atoms with Crippen LogP contribution in [0, 0.1) is 5.92 Å². The van der Waals surface area contributed by atoms with E-state index in [4.69, 9.17) is 0 Å². The molecular weight excluding hydrogens is 254 g/mol. The van der Waals surface area contributed by atoms with Crippen molar-refractivity contribution < 1.29 is 5.11 Å². The Hall–Kier alpha value is -1.72. The number of H-pyrrole nitrogens is 1. The predicted octanol–water partition coefficient (Wildman–Crippen LogP) is 1.30. The van der Waals surface area contributed by atoms with Gasteiger partial charge >= 0.3 is 0 Å². The van der Waals surface area contributed by atoms with Crippen molar-refractivity contribution in [2.45, 2.75) is 19.4 Å². The largest absolute Gasteiger partial charge is 0.396 e. The molecule has 0 radical (unpaired) electrons. The fourth-order valence-electron chi connectivity index (χ4n) is 2.84. The third-order valence-electron chi connectivity index (χ3n) is 4.15. The van der Waals surface area contributed by atoms with Gasteiger partial charge in [-0.15, -0.1) is 0 Å². The minimum atomic E-state index is -0.0876. The van der Waals surface area contributed by atoms with Crippen molar-refractivity contribution in [2.75, 3.05) is 19.7 Å². The van der Waals surface area contributed by atoms with Crippen LogP contribution in [0.15, 0.2) is 29.1 Å². The van der Waals surface area contributed by atoms with Crippen molar-refractivity contribution in [1.29, 1.82) is 0 Å². The van der Waals surface area contributed by atoms with Gasteiger partial charge in [0.2, 0.25) is 0 Å². The van der Waals surface area contributed by atoms with Crippen LogP contribution in [0.5, 0.6) is 0 Å². The number of likely N-dealkylation sites (tertiary alicyclic amines) is 1. The Balaban J connectivity index is 1.92. The summed E-state index contributed by atoms with van der Waals surface area (Å²) in [5, 5.41) is 9.84. The highest BCUT2D eigenvalue weighted by Crippen LogP contribution is 2.25. The first-order valence-electron chi connectivity index (χ1n) is 7.03. The first kappa shape index (κ1) is 13.3. The van der Waals surface area contributed by atoms with Crippen LogP contribution in [0.2, 0.25) is 0 Å². The summed E-state index contributed by atoms with van der Waals surface area (Å²) in [4.78, 5) is 21.8. The van der Waals surface area contributed by atoms with Crippen LogP contribution in [0.3, 0.4) is 0 Å². The Kier molecular flexibility index (Phi) is 3.54. The standard InChI is InChI=1S/C15H19N3O2/c1-10(18-7-6-11(8-18)9-19)14-16-13-5-3-2-4-12(13)15(20)17-14/h2-5,10-11,19H,6-9H2,1H3,(H,16,17,20). The van der Waals surface area contributed by atoms with Crippen LogP contribution in [0.1, 0.15) is 25.2 Å². The number of aliphatic hydroxyl groups excluding tert-OH is 1. The summed E-state index contributed by atoms with van der Waals surface area (Å²) in [6.07, 6.45) is 0.999. The molecule has 20 heavy (non-hydrogen) atoms. The first-order chi connectivity index (χ1) is 9.69. The maximum Gasteiger partial charge on any atom is 0.258 e. The third-order valence-corrected chi connectivity index (χ3v) is 4.15. The maximum atomic E-state index is 12.1. The van der Waals surface area contributed by atoms with Crippen molar-refractivity contribution in [3.8, 4) is 0 Å². The number of aromatic amines is 1. The van der Waals surface area contributed by atoms with E-state index in [1.54, 1.807) is 6.07 Å². The van der Waals surface area contributed by atoms with Crippen LogP contribution in [-0.2, 0) is 0 Å². The normalized spacial score (nSPS) is 21.4. The van der Waals surface area contributed by atoms with Crippen molar-refractivity contribution in [3.63, 3.8) is 0 Å². The lowest BCUT2D eigenvalue weighted by Crippen LogP contribution is -2.28. The minimum Gasteiger partial charge on any atom is -0.396 e. The van der Waals surface area contributed by atoms with Gasteiger partial charge < -0.3 is 10.1 Å². The molecule has 1 aromatic carbocycles. The molecule has 2 N–H and O–H groups in total. The topological polar surface area (TPSA) is 69.2 Å². The van der Waals surface area contributed by atoms with Gasteiger partial charge in [-0.1, -0.05) is 12.1 Å². The van der Waals surface area contributed by atoms with Gasteiger partial charge in [0.25, 0.3) is 5.56 Å². The lowest BCUT2D eigenvalue weighted by molar-refractivity contribution is 0.201. The molecule has 1 aliphatic heterocycles. The molecule has 1 saturated heterocycles. The van der Waals surface area contributed by atoms with E-state index in [9.17, 15) is 9.90 Å².